The van der Waals surface area contributed by atoms with Crippen LogP contribution < -0.4 is 5.56 Å². The second-order valence-electron chi connectivity index (χ2n) is 6.28. The molecule has 0 fully saturated rings. The van der Waals surface area contributed by atoms with Gasteiger partial charge < -0.3 is 0 Å². The minimum atomic E-state index is -3.04. The minimum absolute atomic E-state index is 0.0655. The quantitative estimate of drug-likeness (QED) is 0.431. The third kappa shape index (κ3) is 3.93. The smallest absolute Gasteiger partial charge is 0.262 e. The highest BCUT2D eigenvalue weighted by atomic mass is 32.2. The largest absolute Gasteiger partial charge is 0.276 e. The average molecular weight is 395 g/mol. The maximum absolute atomic E-state index is 12.9. The summed E-state index contributed by atoms with van der Waals surface area (Å²) in [5, 5.41) is 9.66. The van der Waals surface area contributed by atoms with Crippen molar-refractivity contribution in [3.63, 3.8) is 0 Å². The van der Waals surface area contributed by atoms with Crippen LogP contribution in [0.15, 0.2) is 34.2 Å². The summed E-state index contributed by atoms with van der Waals surface area (Å²) in [7, 11) is -3.04. The maximum atomic E-state index is 12.9. The van der Waals surface area contributed by atoms with Crippen LogP contribution in [-0.4, -0.2) is 45.3 Å². The first-order valence-electron chi connectivity index (χ1n) is 8.59. The van der Waals surface area contributed by atoms with E-state index in [2.05, 4.69) is 17.1 Å². The predicted molar refractivity (Wildman–Crippen MR) is 105 cm³/mol. The number of aryl methyl sites for hydroxylation is 1. The number of benzene rings is 1. The molecule has 0 unspecified atom stereocenters. The number of hydrogen-bond donors (Lipinski definition) is 0. The third-order valence-electron chi connectivity index (χ3n) is 4.15. The lowest BCUT2D eigenvalue weighted by Gasteiger charge is -2.11. The van der Waals surface area contributed by atoms with E-state index in [9.17, 15) is 13.2 Å². The van der Waals surface area contributed by atoms with E-state index in [0.717, 1.165) is 24.8 Å². The molecule has 0 N–H and O–H groups in total. The van der Waals surface area contributed by atoms with Crippen molar-refractivity contribution in [3.8, 4) is 0 Å². The summed E-state index contributed by atoms with van der Waals surface area (Å²) in [5.74, 6) is 0.968. The Balaban J connectivity index is 2.10. The maximum Gasteiger partial charge on any atom is 0.262 e. The zero-order chi connectivity index (χ0) is 18.7. The van der Waals surface area contributed by atoms with Crippen molar-refractivity contribution in [1.82, 2.24) is 19.2 Å². The number of nitrogens with zero attached hydrogens (tertiary/aromatic N) is 4. The number of hydrogen-bond acceptors (Lipinski definition) is 6. The fourth-order valence-electron chi connectivity index (χ4n) is 2.83. The Morgan fingerprint density at radius 3 is 2.65 bits per heavy atom. The Morgan fingerprint density at radius 1 is 1.15 bits per heavy atom. The summed E-state index contributed by atoms with van der Waals surface area (Å²) < 4.78 is 26.3. The van der Waals surface area contributed by atoms with Crippen LogP contribution in [0.1, 0.15) is 26.2 Å². The highest BCUT2D eigenvalue weighted by molar-refractivity contribution is 8.00. The standard InChI is InChI=1S/C17H22N4O3S2/c1-3-4-7-10-20-15(22)13-8-5-6-9-14(13)21-16(20)18-19-17(21)25-11-12-26(2,23)24/h5-6,8-9H,3-4,7,10-12H2,1-2H3. The molecule has 0 amide bonds. The van der Waals surface area contributed by atoms with Gasteiger partial charge in [0.2, 0.25) is 5.78 Å². The molecule has 7 nitrogen and oxygen atoms in total. The second-order valence-corrected chi connectivity index (χ2v) is 9.60. The van der Waals surface area contributed by atoms with Gasteiger partial charge in [-0.05, 0) is 18.6 Å². The van der Waals surface area contributed by atoms with Crippen LogP contribution in [0.2, 0.25) is 0 Å². The monoisotopic (exact) mass is 394 g/mol. The molecule has 0 spiro atoms. The normalized spacial score (nSPS) is 12.2. The number of fused-ring (bicyclic) bond motifs is 3. The zero-order valence-corrected chi connectivity index (χ0v) is 16.5. The van der Waals surface area contributed by atoms with Crippen molar-refractivity contribution in [2.45, 2.75) is 37.9 Å². The van der Waals surface area contributed by atoms with Crippen molar-refractivity contribution >= 4 is 38.3 Å². The molecule has 3 rings (SSSR count). The van der Waals surface area contributed by atoms with Gasteiger partial charge in [0.25, 0.3) is 5.56 Å². The summed E-state index contributed by atoms with van der Waals surface area (Å²) in [4.78, 5) is 12.9. The Hall–Kier alpha value is -1.87. The topological polar surface area (TPSA) is 86.3 Å². The highest BCUT2D eigenvalue weighted by Gasteiger charge is 2.16. The van der Waals surface area contributed by atoms with E-state index in [0.29, 0.717) is 28.6 Å². The Bertz CT molecular complexity index is 1090. The number of sulfone groups is 1. The van der Waals surface area contributed by atoms with Crippen molar-refractivity contribution < 1.29 is 8.42 Å². The number of thioether (sulfide) groups is 1. The lowest BCUT2D eigenvalue weighted by Crippen LogP contribution is -2.23. The molecule has 1 aromatic carbocycles. The second kappa shape index (κ2) is 7.79. The predicted octanol–water partition coefficient (Wildman–Crippen LogP) is 2.37. The summed E-state index contributed by atoms with van der Waals surface area (Å²) in [5.41, 5.74) is 0.676. The average Bonchev–Trinajstić information content (AvgIpc) is 3.01. The zero-order valence-electron chi connectivity index (χ0n) is 14.9. The van der Waals surface area contributed by atoms with E-state index in [1.165, 1.54) is 18.0 Å². The molecule has 0 saturated carbocycles. The van der Waals surface area contributed by atoms with Crippen LogP contribution in [0, 0.1) is 0 Å². The lowest BCUT2D eigenvalue weighted by atomic mass is 10.2. The van der Waals surface area contributed by atoms with Gasteiger partial charge in [0.15, 0.2) is 5.16 Å². The van der Waals surface area contributed by atoms with E-state index in [4.69, 9.17) is 0 Å². The minimum Gasteiger partial charge on any atom is -0.276 e. The molecule has 0 aliphatic carbocycles. The van der Waals surface area contributed by atoms with Crippen LogP contribution in [0.4, 0.5) is 0 Å². The van der Waals surface area contributed by atoms with Crippen LogP contribution in [0.5, 0.6) is 0 Å². The van der Waals surface area contributed by atoms with Gasteiger partial charge in [-0.15, -0.1) is 10.2 Å². The van der Waals surface area contributed by atoms with Crippen LogP contribution in [0.25, 0.3) is 16.7 Å². The van der Waals surface area contributed by atoms with Crippen molar-refractivity contribution in [1.29, 1.82) is 0 Å². The highest BCUT2D eigenvalue weighted by Crippen LogP contribution is 2.22. The van der Waals surface area contributed by atoms with Gasteiger partial charge in [0.05, 0.1) is 16.7 Å². The first-order valence-corrected chi connectivity index (χ1v) is 11.6. The molecule has 0 radical (unpaired) electrons. The van der Waals surface area contributed by atoms with E-state index in [1.807, 2.05) is 22.6 Å². The van der Waals surface area contributed by atoms with E-state index < -0.39 is 9.84 Å². The van der Waals surface area contributed by atoms with E-state index >= 15 is 0 Å². The number of aromatic nitrogens is 4. The van der Waals surface area contributed by atoms with Gasteiger partial charge in [0, 0.05) is 18.6 Å². The molecular formula is C17H22N4O3S2. The van der Waals surface area contributed by atoms with Gasteiger partial charge in [-0.1, -0.05) is 43.7 Å². The number of rotatable bonds is 8. The number of para-hydroxylation sites is 1. The molecule has 0 aliphatic heterocycles. The molecule has 0 aliphatic rings. The third-order valence-corrected chi connectivity index (χ3v) is 6.28. The first-order chi connectivity index (χ1) is 12.4. The molecule has 0 bridgehead atoms. The molecule has 140 valence electrons. The van der Waals surface area contributed by atoms with Gasteiger partial charge in [-0.2, -0.15) is 0 Å². The fraction of sp³-hybridized carbons (Fsp3) is 0.471. The van der Waals surface area contributed by atoms with E-state index in [1.54, 1.807) is 10.6 Å². The number of unbranched alkanes of at least 4 members (excludes halogenated alkanes) is 2. The van der Waals surface area contributed by atoms with Crippen molar-refractivity contribution in [2.75, 3.05) is 17.8 Å². The van der Waals surface area contributed by atoms with Crippen LogP contribution in [0.3, 0.4) is 0 Å². The van der Waals surface area contributed by atoms with Crippen LogP contribution in [-0.2, 0) is 16.4 Å². The Kier molecular flexibility index (Phi) is 5.67. The molecule has 2 aromatic heterocycles. The van der Waals surface area contributed by atoms with Crippen molar-refractivity contribution in [3.05, 3.63) is 34.6 Å². The van der Waals surface area contributed by atoms with E-state index in [-0.39, 0.29) is 11.3 Å². The Labute approximate surface area is 156 Å². The lowest BCUT2D eigenvalue weighted by molar-refractivity contribution is 0.594. The van der Waals surface area contributed by atoms with Gasteiger partial charge >= 0.3 is 0 Å². The molecule has 0 atom stereocenters. The molecule has 3 aromatic rings. The molecule has 0 saturated heterocycles. The molecule has 9 heteroatoms. The molecule has 2 heterocycles. The summed E-state index contributed by atoms with van der Waals surface area (Å²) in [6.45, 7) is 2.71. The first kappa shape index (κ1) is 18.9. The summed E-state index contributed by atoms with van der Waals surface area (Å²) >= 11 is 1.34. The summed E-state index contributed by atoms with van der Waals surface area (Å²) in [6, 6.07) is 7.38. The van der Waals surface area contributed by atoms with Crippen molar-refractivity contribution in [2.24, 2.45) is 0 Å². The molecular weight excluding hydrogens is 372 g/mol. The Morgan fingerprint density at radius 2 is 1.92 bits per heavy atom. The molecule has 26 heavy (non-hydrogen) atoms. The van der Waals surface area contributed by atoms with Gasteiger partial charge in [0.1, 0.15) is 9.84 Å². The van der Waals surface area contributed by atoms with Crippen LogP contribution >= 0.6 is 11.8 Å². The van der Waals surface area contributed by atoms with Gasteiger partial charge in [-0.25, -0.2) is 8.42 Å². The fourth-order valence-corrected chi connectivity index (χ4v) is 4.97. The van der Waals surface area contributed by atoms with Gasteiger partial charge in [-0.3, -0.25) is 13.8 Å². The summed E-state index contributed by atoms with van der Waals surface area (Å²) in [6.07, 6.45) is 4.22. The SMILES string of the molecule is CCCCCn1c(=O)c2ccccc2n2c(SCCS(C)(=O)=O)nnc12.